The number of H-pyrrole nitrogens is 1. The van der Waals surface area contributed by atoms with E-state index in [4.69, 9.17) is 5.73 Å². The van der Waals surface area contributed by atoms with E-state index in [0.29, 0.717) is 17.5 Å². The molecule has 1 aromatic heterocycles. The second kappa shape index (κ2) is 6.39. The molecule has 1 aliphatic rings. The van der Waals surface area contributed by atoms with Crippen LogP contribution in [0.1, 0.15) is 32.6 Å². The summed E-state index contributed by atoms with van der Waals surface area (Å²) in [5.74, 6) is 0.244. The van der Waals surface area contributed by atoms with E-state index in [1.54, 1.807) is 0 Å². The summed E-state index contributed by atoms with van der Waals surface area (Å²) in [5.41, 5.74) is 5.47. The van der Waals surface area contributed by atoms with Crippen molar-refractivity contribution in [3.63, 3.8) is 0 Å². The molecule has 4 N–H and O–H groups in total. The molecule has 0 bridgehead atoms. The highest BCUT2D eigenvalue weighted by Gasteiger charge is 2.25. The minimum Gasteiger partial charge on any atom is -0.383 e. The number of rotatable bonds is 5. The van der Waals surface area contributed by atoms with Crippen molar-refractivity contribution in [2.24, 2.45) is 0 Å². The van der Waals surface area contributed by atoms with E-state index in [1.165, 1.54) is 4.57 Å². The fourth-order valence-electron chi connectivity index (χ4n) is 2.66. The summed E-state index contributed by atoms with van der Waals surface area (Å²) in [6.07, 6.45) is 6.08. The van der Waals surface area contributed by atoms with Crippen molar-refractivity contribution in [2.45, 2.75) is 50.4 Å². The predicted octanol–water partition coefficient (Wildman–Crippen LogP) is 1.22. The van der Waals surface area contributed by atoms with Crippen LogP contribution in [0, 0.1) is 0 Å². The number of thioether (sulfide) groups is 1. The molecular weight excluding hydrogens is 276 g/mol. The van der Waals surface area contributed by atoms with Crippen LogP contribution >= 0.6 is 11.8 Å². The molecule has 1 fully saturated rings. The maximum atomic E-state index is 11.9. The number of aromatic nitrogens is 2. The molecule has 0 aliphatic heterocycles. The number of nitrogen functional groups attached to an aromatic ring is 1. The van der Waals surface area contributed by atoms with Gasteiger partial charge in [-0.05, 0) is 31.9 Å². The summed E-state index contributed by atoms with van der Waals surface area (Å²) in [7, 11) is 0. The van der Waals surface area contributed by atoms with Gasteiger partial charge in [-0.15, -0.1) is 0 Å². The quantitative estimate of drug-likeness (QED) is 0.760. The summed E-state index contributed by atoms with van der Waals surface area (Å²) in [6, 6.07) is 0.253. The summed E-state index contributed by atoms with van der Waals surface area (Å²) in [6.45, 7) is 2.47. The van der Waals surface area contributed by atoms with Gasteiger partial charge in [-0.3, -0.25) is 14.3 Å². The molecule has 0 aromatic carbocycles. The van der Waals surface area contributed by atoms with Crippen molar-refractivity contribution in [3.05, 3.63) is 20.8 Å². The van der Waals surface area contributed by atoms with Gasteiger partial charge in [0, 0.05) is 17.8 Å². The monoisotopic (exact) mass is 298 g/mol. The van der Waals surface area contributed by atoms with Gasteiger partial charge in [0.1, 0.15) is 11.5 Å². The number of nitrogens with one attached hydrogen (secondary N) is 2. The topological polar surface area (TPSA) is 92.9 Å². The Morgan fingerprint density at radius 3 is 2.80 bits per heavy atom. The Morgan fingerprint density at radius 1 is 1.45 bits per heavy atom. The SMILES string of the molecule is CCCn1c(N)c(NC2CCC(SC)C2)c(=O)[nH]c1=O. The minimum absolute atomic E-state index is 0.244. The number of aromatic amines is 1. The highest BCUT2D eigenvalue weighted by molar-refractivity contribution is 7.99. The molecule has 2 rings (SSSR count). The van der Waals surface area contributed by atoms with Crippen LogP contribution < -0.4 is 22.3 Å². The minimum atomic E-state index is -0.437. The zero-order valence-corrected chi connectivity index (χ0v) is 12.8. The molecule has 20 heavy (non-hydrogen) atoms. The van der Waals surface area contributed by atoms with Crippen molar-refractivity contribution in [1.82, 2.24) is 9.55 Å². The summed E-state index contributed by atoms with van der Waals surface area (Å²) in [4.78, 5) is 26.0. The Balaban J connectivity index is 2.26. The van der Waals surface area contributed by atoms with Gasteiger partial charge in [-0.25, -0.2) is 4.79 Å². The number of hydrogen-bond donors (Lipinski definition) is 3. The Labute approximate surface area is 122 Å². The fourth-order valence-corrected chi connectivity index (χ4v) is 3.46. The van der Waals surface area contributed by atoms with Gasteiger partial charge in [0.15, 0.2) is 0 Å². The number of nitrogens with two attached hydrogens (primary N) is 1. The van der Waals surface area contributed by atoms with Crippen LogP contribution in [0.3, 0.4) is 0 Å². The molecular formula is C13H22N4O2S. The van der Waals surface area contributed by atoms with E-state index < -0.39 is 11.2 Å². The molecule has 112 valence electrons. The summed E-state index contributed by atoms with van der Waals surface area (Å²) in [5, 5.41) is 3.86. The van der Waals surface area contributed by atoms with Gasteiger partial charge in [0.05, 0.1) is 0 Å². The van der Waals surface area contributed by atoms with Crippen LogP contribution in [0.15, 0.2) is 9.59 Å². The summed E-state index contributed by atoms with van der Waals surface area (Å²) >= 11 is 1.86. The van der Waals surface area contributed by atoms with Crippen LogP contribution in [0.4, 0.5) is 11.5 Å². The maximum Gasteiger partial charge on any atom is 0.330 e. The van der Waals surface area contributed by atoms with Gasteiger partial charge < -0.3 is 11.1 Å². The smallest absolute Gasteiger partial charge is 0.330 e. The number of anilines is 2. The van der Waals surface area contributed by atoms with Gasteiger partial charge in [0.2, 0.25) is 0 Å². The zero-order chi connectivity index (χ0) is 14.7. The average molecular weight is 298 g/mol. The van der Waals surface area contributed by atoms with Gasteiger partial charge in [-0.1, -0.05) is 6.92 Å². The first kappa shape index (κ1) is 15.0. The zero-order valence-electron chi connectivity index (χ0n) is 11.9. The summed E-state index contributed by atoms with van der Waals surface area (Å²) < 4.78 is 1.42. The van der Waals surface area contributed by atoms with Crippen LogP contribution in [0.2, 0.25) is 0 Å². The number of hydrogen-bond acceptors (Lipinski definition) is 5. The highest BCUT2D eigenvalue weighted by Crippen LogP contribution is 2.30. The van der Waals surface area contributed by atoms with Crippen LogP contribution in [-0.2, 0) is 6.54 Å². The third-order valence-corrected chi connectivity index (χ3v) is 4.85. The van der Waals surface area contributed by atoms with Crippen molar-refractivity contribution in [3.8, 4) is 0 Å². The molecule has 1 aliphatic carbocycles. The van der Waals surface area contributed by atoms with E-state index in [-0.39, 0.29) is 11.9 Å². The molecule has 1 heterocycles. The average Bonchev–Trinajstić information content (AvgIpc) is 2.87. The van der Waals surface area contributed by atoms with Gasteiger partial charge >= 0.3 is 5.69 Å². The molecule has 0 amide bonds. The first-order valence-electron chi connectivity index (χ1n) is 6.98. The maximum absolute atomic E-state index is 11.9. The van der Waals surface area contributed by atoms with Crippen molar-refractivity contribution in [1.29, 1.82) is 0 Å². The molecule has 1 aromatic rings. The molecule has 0 radical (unpaired) electrons. The molecule has 6 nitrogen and oxygen atoms in total. The lowest BCUT2D eigenvalue weighted by Gasteiger charge is -2.17. The van der Waals surface area contributed by atoms with E-state index in [2.05, 4.69) is 16.6 Å². The van der Waals surface area contributed by atoms with E-state index in [9.17, 15) is 9.59 Å². The number of nitrogens with zero attached hydrogens (tertiary/aromatic N) is 1. The first-order chi connectivity index (χ1) is 9.56. The largest absolute Gasteiger partial charge is 0.383 e. The van der Waals surface area contributed by atoms with E-state index in [1.807, 2.05) is 18.7 Å². The van der Waals surface area contributed by atoms with Crippen molar-refractivity contribution in [2.75, 3.05) is 17.3 Å². The van der Waals surface area contributed by atoms with Gasteiger partial charge in [0.25, 0.3) is 5.56 Å². The van der Waals surface area contributed by atoms with Crippen LogP contribution in [0.5, 0.6) is 0 Å². The van der Waals surface area contributed by atoms with Crippen molar-refractivity contribution < 1.29 is 0 Å². The molecule has 0 spiro atoms. The Bertz CT molecular complexity index is 581. The molecule has 7 heteroatoms. The predicted molar refractivity (Wildman–Crippen MR) is 84.6 cm³/mol. The molecule has 0 saturated heterocycles. The molecule has 2 atom stereocenters. The Hall–Kier alpha value is -1.37. The fraction of sp³-hybridized carbons (Fsp3) is 0.692. The standard InChI is InChI=1S/C13H22N4O2S/c1-3-6-17-11(14)10(12(18)16-13(17)19)15-8-4-5-9(7-8)20-2/h8-9,15H,3-7,14H2,1-2H3,(H,16,18,19). The lowest BCUT2D eigenvalue weighted by Crippen LogP contribution is -2.35. The second-order valence-electron chi connectivity index (χ2n) is 5.18. The van der Waals surface area contributed by atoms with Gasteiger partial charge in [-0.2, -0.15) is 11.8 Å². The van der Waals surface area contributed by atoms with Crippen molar-refractivity contribution >= 4 is 23.3 Å². The van der Waals surface area contributed by atoms with Crippen LogP contribution in [0.25, 0.3) is 0 Å². The third kappa shape index (κ3) is 3.03. The highest BCUT2D eigenvalue weighted by atomic mass is 32.2. The second-order valence-corrected chi connectivity index (χ2v) is 6.32. The Morgan fingerprint density at radius 2 is 2.20 bits per heavy atom. The normalized spacial score (nSPS) is 22.1. The third-order valence-electron chi connectivity index (χ3n) is 3.75. The Kier molecular flexibility index (Phi) is 4.80. The lowest BCUT2D eigenvalue weighted by atomic mass is 10.2. The van der Waals surface area contributed by atoms with E-state index >= 15 is 0 Å². The molecule has 2 unspecified atom stereocenters. The lowest BCUT2D eigenvalue weighted by molar-refractivity contribution is 0.640. The van der Waals surface area contributed by atoms with E-state index in [0.717, 1.165) is 25.7 Å². The molecule has 1 saturated carbocycles. The first-order valence-corrected chi connectivity index (χ1v) is 8.27. The van der Waals surface area contributed by atoms with Crippen LogP contribution in [-0.4, -0.2) is 27.1 Å².